The van der Waals surface area contributed by atoms with Gasteiger partial charge in [0.05, 0.1) is 0 Å². The molecule has 4 heteroatoms. The van der Waals surface area contributed by atoms with Gasteiger partial charge in [-0.15, -0.1) is 0 Å². The fraction of sp³-hybridized carbons (Fsp3) is 0.538. The van der Waals surface area contributed by atoms with Crippen molar-refractivity contribution in [3.05, 3.63) is 34.6 Å². The van der Waals surface area contributed by atoms with Crippen molar-refractivity contribution < 1.29 is 4.39 Å². The number of piperazine rings is 1. The highest BCUT2D eigenvalue weighted by atomic mass is 35.5. The van der Waals surface area contributed by atoms with E-state index in [1.54, 1.807) is 12.1 Å². The number of nitrogens with one attached hydrogen (secondary N) is 1. The van der Waals surface area contributed by atoms with Crippen molar-refractivity contribution in [1.82, 2.24) is 10.2 Å². The first-order valence-electron chi connectivity index (χ1n) is 5.98. The van der Waals surface area contributed by atoms with Crippen molar-refractivity contribution >= 4 is 11.6 Å². The van der Waals surface area contributed by atoms with Gasteiger partial charge in [0.2, 0.25) is 0 Å². The molecule has 94 valence electrons. The molecule has 0 spiro atoms. The van der Waals surface area contributed by atoms with Gasteiger partial charge in [0.15, 0.2) is 0 Å². The topological polar surface area (TPSA) is 15.3 Å². The van der Waals surface area contributed by atoms with Crippen LogP contribution < -0.4 is 5.32 Å². The van der Waals surface area contributed by atoms with E-state index in [1.165, 1.54) is 6.07 Å². The summed E-state index contributed by atoms with van der Waals surface area (Å²) in [6.07, 6.45) is 0. The molecule has 1 aromatic carbocycles. The Morgan fingerprint density at radius 1 is 1.35 bits per heavy atom. The monoisotopic (exact) mass is 256 g/mol. The summed E-state index contributed by atoms with van der Waals surface area (Å²) >= 11 is 5.91. The highest BCUT2D eigenvalue weighted by Crippen LogP contribution is 2.20. The summed E-state index contributed by atoms with van der Waals surface area (Å²) in [7, 11) is 0. The lowest BCUT2D eigenvalue weighted by Gasteiger charge is -2.39. The molecule has 1 aliphatic heterocycles. The summed E-state index contributed by atoms with van der Waals surface area (Å²) in [4.78, 5) is 2.31. The van der Waals surface area contributed by atoms with Crippen molar-refractivity contribution in [1.29, 1.82) is 0 Å². The first-order valence-corrected chi connectivity index (χ1v) is 6.36. The van der Waals surface area contributed by atoms with E-state index in [0.717, 1.165) is 13.1 Å². The van der Waals surface area contributed by atoms with E-state index in [9.17, 15) is 4.39 Å². The van der Waals surface area contributed by atoms with Crippen LogP contribution in [0.1, 0.15) is 19.4 Å². The number of rotatable bonds is 2. The van der Waals surface area contributed by atoms with Gasteiger partial charge < -0.3 is 5.32 Å². The molecule has 2 nitrogen and oxygen atoms in total. The number of nitrogens with zero attached hydrogens (tertiary/aromatic N) is 1. The van der Waals surface area contributed by atoms with E-state index in [4.69, 9.17) is 11.6 Å². The average molecular weight is 257 g/mol. The van der Waals surface area contributed by atoms with Gasteiger partial charge in [0.25, 0.3) is 0 Å². The van der Waals surface area contributed by atoms with Crippen molar-refractivity contribution in [2.75, 3.05) is 13.1 Å². The van der Waals surface area contributed by atoms with Crippen LogP contribution in [0.15, 0.2) is 18.2 Å². The van der Waals surface area contributed by atoms with Crippen LogP contribution in [0, 0.1) is 5.82 Å². The molecule has 1 fully saturated rings. The maximum Gasteiger partial charge on any atom is 0.127 e. The quantitative estimate of drug-likeness (QED) is 0.875. The van der Waals surface area contributed by atoms with E-state index < -0.39 is 0 Å². The van der Waals surface area contributed by atoms with Crippen LogP contribution in [0.25, 0.3) is 0 Å². The summed E-state index contributed by atoms with van der Waals surface area (Å²) in [6, 6.07) is 5.58. The average Bonchev–Trinajstić information content (AvgIpc) is 2.28. The fourth-order valence-electron chi connectivity index (χ4n) is 2.34. The predicted molar refractivity (Wildman–Crippen MR) is 68.7 cm³/mol. The minimum Gasteiger partial charge on any atom is -0.314 e. The van der Waals surface area contributed by atoms with E-state index in [-0.39, 0.29) is 5.82 Å². The Balaban J connectivity index is 2.16. The molecule has 2 rings (SSSR count). The number of hydrogen-bond acceptors (Lipinski definition) is 2. The first kappa shape index (κ1) is 12.8. The second kappa shape index (κ2) is 5.34. The Bertz CT molecular complexity index is 387. The van der Waals surface area contributed by atoms with Gasteiger partial charge in [0, 0.05) is 42.3 Å². The number of halogens is 2. The van der Waals surface area contributed by atoms with Crippen LogP contribution in [-0.4, -0.2) is 30.1 Å². The van der Waals surface area contributed by atoms with Crippen LogP contribution >= 0.6 is 11.6 Å². The molecule has 1 saturated heterocycles. The molecule has 2 atom stereocenters. The molecule has 1 aromatic rings. The Morgan fingerprint density at radius 2 is 2.00 bits per heavy atom. The Labute approximate surface area is 107 Å². The van der Waals surface area contributed by atoms with E-state index in [1.807, 2.05) is 0 Å². The molecule has 1 heterocycles. The normalized spacial score (nSPS) is 26.1. The van der Waals surface area contributed by atoms with Gasteiger partial charge in [-0.1, -0.05) is 11.6 Å². The predicted octanol–water partition coefficient (Wildman–Crippen LogP) is 2.66. The lowest BCUT2D eigenvalue weighted by molar-refractivity contribution is 0.107. The molecule has 0 aromatic heterocycles. The third-order valence-electron chi connectivity index (χ3n) is 3.37. The lowest BCUT2D eigenvalue weighted by atomic mass is 10.1. The van der Waals surface area contributed by atoms with Crippen LogP contribution in [0.4, 0.5) is 4.39 Å². The minimum atomic E-state index is -0.174. The van der Waals surface area contributed by atoms with Crippen molar-refractivity contribution in [3.8, 4) is 0 Å². The van der Waals surface area contributed by atoms with Gasteiger partial charge in [0.1, 0.15) is 5.82 Å². The summed E-state index contributed by atoms with van der Waals surface area (Å²) < 4.78 is 13.7. The van der Waals surface area contributed by atoms with Crippen LogP contribution in [0.2, 0.25) is 5.02 Å². The standard InChI is InChI=1S/C13H18ClFN2/c1-9-6-16-7-10(2)17(9)8-11-5-12(14)3-4-13(11)15/h3-5,9-10,16H,6-8H2,1-2H3. The molecular weight excluding hydrogens is 239 g/mol. The fourth-order valence-corrected chi connectivity index (χ4v) is 2.54. The summed E-state index contributed by atoms with van der Waals surface area (Å²) in [5.74, 6) is -0.174. The maximum absolute atomic E-state index is 13.7. The van der Waals surface area contributed by atoms with Crippen molar-refractivity contribution in [2.24, 2.45) is 0 Å². The van der Waals surface area contributed by atoms with Gasteiger partial charge in [-0.05, 0) is 32.0 Å². The van der Waals surface area contributed by atoms with E-state index in [2.05, 4.69) is 24.1 Å². The molecular formula is C13H18ClFN2. The highest BCUT2D eigenvalue weighted by molar-refractivity contribution is 6.30. The second-order valence-electron chi connectivity index (χ2n) is 4.76. The molecule has 0 radical (unpaired) electrons. The minimum absolute atomic E-state index is 0.174. The van der Waals surface area contributed by atoms with Gasteiger partial charge in [-0.25, -0.2) is 4.39 Å². The molecule has 0 aliphatic carbocycles. The maximum atomic E-state index is 13.7. The van der Waals surface area contributed by atoms with Crippen LogP contribution in [-0.2, 0) is 6.54 Å². The van der Waals surface area contributed by atoms with E-state index in [0.29, 0.717) is 29.2 Å². The Hall–Kier alpha value is -0.640. The molecule has 1 N–H and O–H groups in total. The van der Waals surface area contributed by atoms with Crippen molar-refractivity contribution in [2.45, 2.75) is 32.5 Å². The van der Waals surface area contributed by atoms with Gasteiger partial charge in [-0.3, -0.25) is 4.90 Å². The number of benzene rings is 1. The third-order valence-corrected chi connectivity index (χ3v) is 3.61. The van der Waals surface area contributed by atoms with Crippen LogP contribution in [0.5, 0.6) is 0 Å². The second-order valence-corrected chi connectivity index (χ2v) is 5.20. The summed E-state index contributed by atoms with van der Waals surface area (Å²) in [5.41, 5.74) is 0.679. The zero-order valence-electron chi connectivity index (χ0n) is 10.2. The molecule has 2 unspecified atom stereocenters. The third kappa shape index (κ3) is 2.97. The van der Waals surface area contributed by atoms with E-state index >= 15 is 0 Å². The Morgan fingerprint density at radius 3 is 2.65 bits per heavy atom. The molecule has 0 bridgehead atoms. The molecule has 0 amide bonds. The zero-order chi connectivity index (χ0) is 12.4. The van der Waals surface area contributed by atoms with Crippen molar-refractivity contribution in [3.63, 3.8) is 0 Å². The number of hydrogen-bond donors (Lipinski definition) is 1. The van der Waals surface area contributed by atoms with Crippen LogP contribution in [0.3, 0.4) is 0 Å². The van der Waals surface area contributed by atoms with Gasteiger partial charge in [-0.2, -0.15) is 0 Å². The molecule has 17 heavy (non-hydrogen) atoms. The summed E-state index contributed by atoms with van der Waals surface area (Å²) in [5, 5.41) is 3.96. The smallest absolute Gasteiger partial charge is 0.127 e. The lowest BCUT2D eigenvalue weighted by Crippen LogP contribution is -2.54. The highest BCUT2D eigenvalue weighted by Gasteiger charge is 2.25. The van der Waals surface area contributed by atoms with Gasteiger partial charge >= 0.3 is 0 Å². The largest absolute Gasteiger partial charge is 0.314 e. The first-order chi connectivity index (χ1) is 8.08. The summed E-state index contributed by atoms with van der Waals surface area (Å²) in [6.45, 7) is 6.84. The molecule has 1 aliphatic rings. The zero-order valence-corrected chi connectivity index (χ0v) is 11.0. The Kier molecular flexibility index (Phi) is 4.02. The SMILES string of the molecule is CC1CNCC(C)N1Cc1cc(Cl)ccc1F. The molecule has 0 saturated carbocycles.